The fourth-order valence-electron chi connectivity index (χ4n) is 8.37. The van der Waals surface area contributed by atoms with Gasteiger partial charge in [-0.1, -0.05) is 81.4 Å². The minimum atomic E-state index is -0.0510. The summed E-state index contributed by atoms with van der Waals surface area (Å²) < 4.78 is 13.3. The molecule has 5 aromatic carbocycles. The van der Waals surface area contributed by atoms with Crippen LogP contribution in [0.5, 0.6) is 0 Å². The van der Waals surface area contributed by atoms with Crippen molar-refractivity contribution in [1.29, 1.82) is 0 Å². The number of pyridine rings is 1. The summed E-state index contributed by atoms with van der Waals surface area (Å²) in [4.78, 5) is 15.7. The summed E-state index contributed by atoms with van der Waals surface area (Å²) >= 11 is 0. The van der Waals surface area contributed by atoms with Crippen molar-refractivity contribution in [3.05, 3.63) is 138 Å². The Bertz CT molecular complexity index is 3360. The highest BCUT2D eigenvalue weighted by Gasteiger charge is 2.25. The number of nitrogens with zero attached hydrogens (tertiary/aromatic N) is 9. The Hall–Kier alpha value is -6.74. The first kappa shape index (κ1) is 30.8. The monoisotopic (exact) mass is 703 g/mol. The predicted octanol–water partition coefficient (Wildman–Crippen LogP) is 9.05. The number of para-hydroxylation sites is 4. The van der Waals surface area contributed by atoms with Crippen molar-refractivity contribution in [1.82, 2.24) is 37.5 Å². The van der Waals surface area contributed by atoms with E-state index in [0.717, 1.165) is 95.0 Å². The van der Waals surface area contributed by atoms with Gasteiger partial charge in [0.05, 0.1) is 67.9 Å². The van der Waals surface area contributed by atoms with E-state index in [9.17, 15) is 0 Å². The number of imidazole rings is 5. The van der Waals surface area contributed by atoms with E-state index in [2.05, 4.69) is 173 Å². The van der Waals surface area contributed by atoms with Crippen LogP contribution < -0.4 is 4.57 Å². The van der Waals surface area contributed by atoms with Crippen LogP contribution in [0, 0.1) is 20.2 Å². The van der Waals surface area contributed by atoms with Crippen LogP contribution in [-0.2, 0) is 12.5 Å². The molecule has 0 aliphatic carbocycles. The van der Waals surface area contributed by atoms with Gasteiger partial charge in [-0.3, -0.25) is 17.9 Å². The molecule has 0 radical (unpaired) electrons. The Morgan fingerprint density at radius 3 is 1.91 bits per heavy atom. The minimum Gasteiger partial charge on any atom is -0.319 e. The normalized spacial score (nSPS) is 12.6. The van der Waals surface area contributed by atoms with Crippen LogP contribution in [0.25, 0.3) is 83.9 Å². The van der Waals surface area contributed by atoms with E-state index in [0.29, 0.717) is 0 Å². The zero-order valence-corrected chi connectivity index (χ0v) is 31.0. The lowest BCUT2D eigenvalue weighted by Gasteiger charge is -2.19. The number of rotatable bonds is 3. The number of aromatic nitrogens is 9. The van der Waals surface area contributed by atoms with Crippen LogP contribution in [0.1, 0.15) is 37.5 Å². The van der Waals surface area contributed by atoms with E-state index < -0.39 is 0 Å². The first-order chi connectivity index (χ1) is 26.2. The molecule has 0 bridgehead atoms. The molecule has 262 valence electrons. The summed E-state index contributed by atoms with van der Waals surface area (Å²) in [5, 5.41) is 0. The third-order valence-electron chi connectivity index (χ3n) is 11.1. The number of hydrogen-bond donors (Lipinski definition) is 0. The van der Waals surface area contributed by atoms with E-state index in [1.54, 1.807) is 0 Å². The molecular formula is C45H37N9. The highest BCUT2D eigenvalue weighted by molar-refractivity contribution is 6.03. The summed E-state index contributed by atoms with van der Waals surface area (Å²) in [6.45, 7) is 11.0. The van der Waals surface area contributed by atoms with Gasteiger partial charge in [-0.05, 0) is 84.5 Å². The molecule has 0 atom stereocenters. The molecule has 0 aliphatic heterocycles. The lowest BCUT2D eigenvalue weighted by molar-refractivity contribution is -0.572. The van der Waals surface area contributed by atoms with Gasteiger partial charge in [-0.2, -0.15) is 0 Å². The van der Waals surface area contributed by atoms with Gasteiger partial charge in [0.15, 0.2) is 0 Å². The van der Waals surface area contributed by atoms with Gasteiger partial charge in [-0.25, -0.2) is 15.0 Å². The van der Waals surface area contributed by atoms with E-state index in [-0.39, 0.29) is 5.41 Å². The van der Waals surface area contributed by atoms with Gasteiger partial charge in [0.1, 0.15) is 5.82 Å². The molecule has 11 rings (SSSR count). The molecule has 9 heteroatoms. The maximum Gasteiger partial charge on any atom is 0.244 e. The van der Waals surface area contributed by atoms with Gasteiger partial charge in [-0.15, -0.1) is 0 Å². The Labute approximate surface area is 310 Å². The van der Waals surface area contributed by atoms with E-state index in [1.807, 2.05) is 17.8 Å². The van der Waals surface area contributed by atoms with Crippen molar-refractivity contribution in [3.63, 3.8) is 0 Å². The second-order valence-electron chi connectivity index (χ2n) is 15.5. The fourth-order valence-corrected chi connectivity index (χ4v) is 8.37. The highest BCUT2D eigenvalue weighted by Crippen LogP contribution is 2.37. The van der Waals surface area contributed by atoms with Crippen molar-refractivity contribution >= 4 is 66.7 Å². The number of aryl methyl sites for hydroxylation is 3. The van der Waals surface area contributed by atoms with E-state index in [4.69, 9.17) is 15.0 Å². The van der Waals surface area contributed by atoms with Gasteiger partial charge < -0.3 is 9.13 Å². The molecule has 0 spiro atoms. The molecule has 0 fully saturated rings. The van der Waals surface area contributed by atoms with Crippen molar-refractivity contribution in [2.45, 2.75) is 40.0 Å². The largest absolute Gasteiger partial charge is 0.319 e. The molecule has 54 heavy (non-hydrogen) atoms. The van der Waals surface area contributed by atoms with Crippen molar-refractivity contribution in [2.75, 3.05) is 0 Å². The molecule has 0 amide bonds. The maximum atomic E-state index is 5.36. The third kappa shape index (κ3) is 4.14. The molecule has 0 saturated heterocycles. The predicted molar refractivity (Wildman–Crippen MR) is 215 cm³/mol. The Balaban J connectivity index is 1.29. The first-order valence-corrected chi connectivity index (χ1v) is 18.4. The third-order valence-corrected chi connectivity index (χ3v) is 11.1. The molecular weight excluding hydrogens is 667 g/mol. The Morgan fingerprint density at radius 1 is 0.593 bits per heavy atom. The number of benzene rings is 5. The van der Waals surface area contributed by atoms with Crippen LogP contribution in [0.2, 0.25) is 0 Å². The number of hydrogen-bond acceptors (Lipinski definition) is 3. The molecule has 0 saturated carbocycles. The van der Waals surface area contributed by atoms with Gasteiger partial charge in [0.2, 0.25) is 17.9 Å². The second kappa shape index (κ2) is 10.7. The molecule has 0 aliphatic rings. The molecule has 6 aromatic heterocycles. The first-order valence-electron chi connectivity index (χ1n) is 18.4. The highest BCUT2D eigenvalue weighted by atomic mass is 15.3. The Kier molecular flexibility index (Phi) is 6.09. The van der Waals surface area contributed by atoms with Crippen LogP contribution in [0.15, 0.2) is 115 Å². The van der Waals surface area contributed by atoms with Crippen molar-refractivity contribution in [2.24, 2.45) is 7.05 Å². The molecule has 11 aromatic rings. The maximum absolute atomic E-state index is 5.36. The molecule has 6 heterocycles. The summed E-state index contributed by atoms with van der Waals surface area (Å²) in [6, 6.07) is 38.8. The lowest BCUT2D eigenvalue weighted by Crippen LogP contribution is -2.29. The van der Waals surface area contributed by atoms with Crippen molar-refractivity contribution in [3.8, 4) is 17.2 Å². The average molecular weight is 704 g/mol. The number of fused-ring (bicyclic) bond motifs is 11. The summed E-state index contributed by atoms with van der Waals surface area (Å²) in [6.07, 6.45) is 5.44. The zero-order chi connectivity index (χ0) is 36.6. The van der Waals surface area contributed by atoms with Crippen LogP contribution in [0.3, 0.4) is 0 Å². The minimum absolute atomic E-state index is 0.0510. The van der Waals surface area contributed by atoms with E-state index >= 15 is 0 Å². The quantitative estimate of drug-likeness (QED) is 0.136. The van der Waals surface area contributed by atoms with Crippen LogP contribution in [0.4, 0.5) is 0 Å². The average Bonchev–Trinajstić information content (AvgIpc) is 3.96. The second-order valence-corrected chi connectivity index (χ2v) is 15.5. The summed E-state index contributed by atoms with van der Waals surface area (Å²) in [5.74, 6) is 2.52. The zero-order valence-electron chi connectivity index (χ0n) is 31.0. The molecule has 0 unspecified atom stereocenters. The van der Waals surface area contributed by atoms with E-state index in [1.165, 1.54) is 5.56 Å². The Morgan fingerprint density at radius 2 is 1.20 bits per heavy atom. The lowest BCUT2D eigenvalue weighted by atomic mass is 9.88. The van der Waals surface area contributed by atoms with Gasteiger partial charge >= 0.3 is 0 Å². The van der Waals surface area contributed by atoms with Gasteiger partial charge in [0.25, 0.3) is 0 Å². The molecule has 0 N–H and O–H groups in total. The van der Waals surface area contributed by atoms with Crippen molar-refractivity contribution < 1.29 is 4.57 Å². The fraction of sp³-hybridized carbons (Fsp3) is 0.156. The summed E-state index contributed by atoms with van der Waals surface area (Å²) in [7, 11) is 2.04. The summed E-state index contributed by atoms with van der Waals surface area (Å²) in [5.41, 5.74) is 16.0. The topological polar surface area (TPSA) is 66.2 Å². The van der Waals surface area contributed by atoms with Crippen LogP contribution in [-0.4, -0.2) is 37.5 Å². The van der Waals surface area contributed by atoms with Gasteiger partial charge in [0, 0.05) is 11.9 Å². The smallest absolute Gasteiger partial charge is 0.244 e. The molecule has 9 nitrogen and oxygen atoms in total. The van der Waals surface area contributed by atoms with Crippen LogP contribution >= 0.6 is 0 Å². The SMILES string of the molecule is Cc1cccc2c1nc1n(-c3cccc(-[n+]4[c-]n(C)c5ccccc54)c3)c3cc4c(cc3n21)n1c2cccc(C)c2nc1n4-c1cc(C(C)(C)C)ccn1. The standard InChI is InChI=1S/C45H37N9/c1-27-12-9-18-34-41(27)47-43-51(31-15-11-14-30(23-31)50-26-49(6)32-16-7-8-17-33(32)50)36-24-39-38(25-37(36)52(34)43)53-35-19-10-13-28(2)42(35)48-44(53)54(39)40-22-29(20-21-46-40)45(3,4)5/h7-25H,1-6H3.